The van der Waals surface area contributed by atoms with Gasteiger partial charge in [0.05, 0.1) is 25.1 Å². The van der Waals surface area contributed by atoms with Crippen molar-refractivity contribution < 1.29 is 9.53 Å². The highest BCUT2D eigenvalue weighted by molar-refractivity contribution is 5.85. The summed E-state index contributed by atoms with van der Waals surface area (Å²) < 4.78 is 5.33. The van der Waals surface area contributed by atoms with Crippen LogP contribution in [-0.4, -0.2) is 43.7 Å². The molecule has 1 fully saturated rings. The standard InChI is InChI=1S/C11H16N4O2/c1-13-11(16)9-7-17-5-4-15(9)8-2-3-10(12)14-6-8/h2-3,6,9H,4-5,7H2,1H3,(H2,12,14)(H,13,16). The van der Waals surface area contributed by atoms with Crippen molar-refractivity contribution >= 4 is 17.4 Å². The highest BCUT2D eigenvalue weighted by Gasteiger charge is 2.28. The summed E-state index contributed by atoms with van der Waals surface area (Å²) in [6.07, 6.45) is 1.68. The Morgan fingerprint density at radius 1 is 1.65 bits per heavy atom. The average Bonchev–Trinajstić information content (AvgIpc) is 2.39. The van der Waals surface area contributed by atoms with Crippen LogP contribution in [0.5, 0.6) is 0 Å². The number of hydrogen-bond donors (Lipinski definition) is 2. The second kappa shape index (κ2) is 5.01. The van der Waals surface area contributed by atoms with Gasteiger partial charge < -0.3 is 20.7 Å². The molecule has 6 nitrogen and oxygen atoms in total. The van der Waals surface area contributed by atoms with E-state index < -0.39 is 0 Å². The van der Waals surface area contributed by atoms with Gasteiger partial charge in [-0.15, -0.1) is 0 Å². The molecule has 3 N–H and O–H groups in total. The summed E-state index contributed by atoms with van der Waals surface area (Å²) in [6, 6.07) is 3.29. The number of rotatable bonds is 2. The van der Waals surface area contributed by atoms with E-state index in [9.17, 15) is 4.79 Å². The lowest BCUT2D eigenvalue weighted by Gasteiger charge is -2.35. The van der Waals surface area contributed by atoms with Crippen LogP contribution < -0.4 is 16.0 Å². The zero-order valence-electron chi connectivity index (χ0n) is 9.72. The molecule has 92 valence electrons. The quantitative estimate of drug-likeness (QED) is 0.731. The Kier molecular flexibility index (Phi) is 3.43. The number of anilines is 2. The van der Waals surface area contributed by atoms with Crippen LogP contribution in [0, 0.1) is 0 Å². The van der Waals surface area contributed by atoms with Crippen LogP contribution in [0.15, 0.2) is 18.3 Å². The van der Waals surface area contributed by atoms with E-state index >= 15 is 0 Å². The second-order valence-electron chi connectivity index (χ2n) is 3.84. The van der Waals surface area contributed by atoms with Crippen molar-refractivity contribution in [2.45, 2.75) is 6.04 Å². The number of likely N-dealkylation sites (N-methyl/N-ethyl adjacent to an activating group) is 1. The predicted molar refractivity (Wildman–Crippen MR) is 64.7 cm³/mol. The summed E-state index contributed by atoms with van der Waals surface area (Å²) in [4.78, 5) is 17.8. The van der Waals surface area contributed by atoms with Crippen molar-refractivity contribution in [1.82, 2.24) is 10.3 Å². The molecule has 0 bridgehead atoms. The van der Waals surface area contributed by atoms with Gasteiger partial charge in [-0.05, 0) is 12.1 Å². The molecular weight excluding hydrogens is 220 g/mol. The molecule has 1 aliphatic heterocycles. The summed E-state index contributed by atoms with van der Waals surface area (Å²) in [5.41, 5.74) is 6.43. The van der Waals surface area contributed by atoms with Gasteiger partial charge in [0.2, 0.25) is 5.91 Å². The van der Waals surface area contributed by atoms with Crippen molar-refractivity contribution in [1.29, 1.82) is 0 Å². The maximum Gasteiger partial charge on any atom is 0.244 e. The molecule has 1 aromatic heterocycles. The van der Waals surface area contributed by atoms with E-state index in [2.05, 4.69) is 10.3 Å². The smallest absolute Gasteiger partial charge is 0.244 e. The first-order valence-electron chi connectivity index (χ1n) is 5.50. The zero-order chi connectivity index (χ0) is 12.3. The van der Waals surface area contributed by atoms with Gasteiger partial charge in [0.1, 0.15) is 11.9 Å². The second-order valence-corrected chi connectivity index (χ2v) is 3.84. The Bertz CT molecular complexity index is 393. The van der Waals surface area contributed by atoms with Crippen LogP contribution >= 0.6 is 0 Å². The monoisotopic (exact) mass is 236 g/mol. The average molecular weight is 236 g/mol. The molecule has 0 aromatic carbocycles. The van der Waals surface area contributed by atoms with E-state index in [0.717, 1.165) is 5.69 Å². The third kappa shape index (κ3) is 2.47. The molecule has 17 heavy (non-hydrogen) atoms. The maximum absolute atomic E-state index is 11.7. The van der Waals surface area contributed by atoms with Gasteiger partial charge >= 0.3 is 0 Å². The van der Waals surface area contributed by atoms with Crippen molar-refractivity contribution in [3.63, 3.8) is 0 Å². The van der Waals surface area contributed by atoms with E-state index in [4.69, 9.17) is 10.5 Å². The van der Waals surface area contributed by atoms with Gasteiger partial charge in [-0.3, -0.25) is 4.79 Å². The van der Waals surface area contributed by atoms with E-state index in [-0.39, 0.29) is 11.9 Å². The molecule has 1 amide bonds. The van der Waals surface area contributed by atoms with Gasteiger partial charge in [-0.1, -0.05) is 0 Å². The molecule has 6 heteroatoms. The third-order valence-corrected chi connectivity index (χ3v) is 2.78. The molecule has 1 unspecified atom stereocenters. The molecule has 2 heterocycles. The first-order valence-corrected chi connectivity index (χ1v) is 5.50. The minimum absolute atomic E-state index is 0.0541. The molecule has 0 radical (unpaired) electrons. The maximum atomic E-state index is 11.7. The molecule has 0 spiro atoms. The number of morpholine rings is 1. The summed E-state index contributed by atoms with van der Waals surface area (Å²) in [5, 5.41) is 2.64. The summed E-state index contributed by atoms with van der Waals surface area (Å²) in [5.74, 6) is 0.417. The van der Waals surface area contributed by atoms with Gasteiger partial charge in [-0.25, -0.2) is 4.98 Å². The lowest BCUT2D eigenvalue weighted by Crippen LogP contribution is -2.53. The summed E-state index contributed by atoms with van der Waals surface area (Å²) >= 11 is 0. The minimum Gasteiger partial charge on any atom is -0.384 e. The number of ether oxygens (including phenoxy) is 1. The highest BCUT2D eigenvalue weighted by Crippen LogP contribution is 2.19. The Hall–Kier alpha value is -1.82. The van der Waals surface area contributed by atoms with Crippen molar-refractivity contribution in [2.75, 3.05) is 37.4 Å². The fraction of sp³-hybridized carbons (Fsp3) is 0.455. The minimum atomic E-state index is -0.306. The number of carbonyl (C=O) groups is 1. The number of aromatic nitrogens is 1. The van der Waals surface area contributed by atoms with Crippen molar-refractivity contribution in [3.8, 4) is 0 Å². The number of nitrogen functional groups attached to an aromatic ring is 1. The Labute approximate surface area is 99.8 Å². The predicted octanol–water partition coefficient (Wildman–Crippen LogP) is -0.385. The Morgan fingerprint density at radius 2 is 2.47 bits per heavy atom. The van der Waals surface area contributed by atoms with Crippen molar-refractivity contribution in [2.24, 2.45) is 0 Å². The lowest BCUT2D eigenvalue weighted by molar-refractivity contribution is -0.124. The normalized spacial score (nSPS) is 20.1. The van der Waals surface area contributed by atoms with Gasteiger partial charge in [0.25, 0.3) is 0 Å². The first kappa shape index (κ1) is 11.7. The SMILES string of the molecule is CNC(=O)C1COCCN1c1ccc(N)nc1. The van der Waals surface area contributed by atoms with Crippen LogP contribution in [0.1, 0.15) is 0 Å². The number of carbonyl (C=O) groups excluding carboxylic acids is 1. The number of hydrogen-bond acceptors (Lipinski definition) is 5. The van der Waals surface area contributed by atoms with Gasteiger partial charge in [-0.2, -0.15) is 0 Å². The third-order valence-electron chi connectivity index (χ3n) is 2.78. The topological polar surface area (TPSA) is 80.5 Å². The molecule has 1 aliphatic rings. The lowest BCUT2D eigenvalue weighted by atomic mass is 10.2. The summed E-state index contributed by atoms with van der Waals surface area (Å²) in [7, 11) is 1.62. The van der Waals surface area contributed by atoms with E-state index in [1.165, 1.54) is 0 Å². The van der Waals surface area contributed by atoms with Crippen LogP contribution in [0.2, 0.25) is 0 Å². The largest absolute Gasteiger partial charge is 0.384 e. The van der Waals surface area contributed by atoms with Gasteiger partial charge in [0.15, 0.2) is 0 Å². The Morgan fingerprint density at radius 3 is 3.12 bits per heavy atom. The Balaban J connectivity index is 2.21. The highest BCUT2D eigenvalue weighted by atomic mass is 16.5. The van der Waals surface area contributed by atoms with Crippen LogP contribution in [-0.2, 0) is 9.53 Å². The number of nitrogens with zero attached hydrogens (tertiary/aromatic N) is 2. The molecule has 2 rings (SSSR count). The number of amides is 1. The first-order chi connectivity index (χ1) is 8.22. The zero-order valence-corrected chi connectivity index (χ0v) is 9.72. The fourth-order valence-corrected chi connectivity index (χ4v) is 1.86. The number of nitrogens with two attached hydrogens (primary N) is 1. The summed E-state index contributed by atoms with van der Waals surface area (Å²) in [6.45, 7) is 1.67. The molecular formula is C11H16N4O2. The van der Waals surface area contributed by atoms with Crippen LogP contribution in [0.4, 0.5) is 11.5 Å². The molecule has 1 atom stereocenters. The van der Waals surface area contributed by atoms with Crippen LogP contribution in [0.3, 0.4) is 0 Å². The molecule has 1 aromatic rings. The number of nitrogens with one attached hydrogen (secondary N) is 1. The fourth-order valence-electron chi connectivity index (χ4n) is 1.86. The molecule has 1 saturated heterocycles. The molecule has 0 saturated carbocycles. The van der Waals surface area contributed by atoms with E-state index in [1.54, 1.807) is 19.3 Å². The number of pyridine rings is 1. The van der Waals surface area contributed by atoms with E-state index in [0.29, 0.717) is 25.6 Å². The van der Waals surface area contributed by atoms with Crippen molar-refractivity contribution in [3.05, 3.63) is 18.3 Å². The van der Waals surface area contributed by atoms with E-state index in [1.807, 2.05) is 11.0 Å². The molecule has 0 aliphatic carbocycles. The van der Waals surface area contributed by atoms with Crippen LogP contribution in [0.25, 0.3) is 0 Å². The van der Waals surface area contributed by atoms with Gasteiger partial charge in [0, 0.05) is 13.6 Å².